The minimum atomic E-state index is 0.832. The van der Waals surface area contributed by atoms with E-state index in [1.165, 1.54) is 0 Å². The van der Waals surface area contributed by atoms with Crippen molar-refractivity contribution in [2.24, 2.45) is 0 Å². The Kier molecular flexibility index (Phi) is 4.37. The van der Waals surface area contributed by atoms with E-state index in [0.29, 0.717) is 0 Å². The molecule has 0 spiro atoms. The molecule has 0 radical (unpaired) electrons. The normalized spacial score (nSPS) is 12.0. The van der Waals surface area contributed by atoms with Gasteiger partial charge >= 0.3 is 0 Å². The third-order valence-electron chi connectivity index (χ3n) is 7.28. The van der Waals surface area contributed by atoms with Gasteiger partial charge in [-0.1, -0.05) is 66.7 Å². The molecule has 0 N–H and O–H groups in total. The first kappa shape index (κ1) is 21.0. The number of ether oxygens (including phenoxy) is 1. The molecule has 3 heterocycles. The minimum absolute atomic E-state index is 0.832. The highest BCUT2D eigenvalue weighted by Gasteiger charge is 2.23. The third-order valence-corrected chi connectivity index (χ3v) is 7.28. The highest BCUT2D eigenvalue weighted by atomic mass is 16.5. The zero-order valence-corrected chi connectivity index (χ0v) is 20.7. The van der Waals surface area contributed by atoms with Crippen LogP contribution in [0.5, 0.6) is 11.5 Å². The second kappa shape index (κ2) is 7.92. The van der Waals surface area contributed by atoms with Gasteiger partial charge in [-0.25, -0.2) is 9.97 Å². The number of hydrogen-bond acceptors (Lipinski definition) is 3. The lowest BCUT2D eigenvalue weighted by Gasteiger charge is -2.21. The summed E-state index contributed by atoms with van der Waals surface area (Å²) in [4.78, 5) is 9.72. The number of fused-ring (bicyclic) bond motifs is 3. The fourth-order valence-corrected chi connectivity index (χ4v) is 5.54. The zero-order chi connectivity index (χ0) is 25.2. The van der Waals surface area contributed by atoms with E-state index in [0.717, 1.165) is 73.3 Å². The van der Waals surface area contributed by atoms with Gasteiger partial charge in [0.25, 0.3) is 0 Å². The number of nitrogens with zero attached hydrogens (tertiary/aromatic N) is 4. The number of benzene rings is 5. The van der Waals surface area contributed by atoms with Crippen molar-refractivity contribution in [3.8, 4) is 45.4 Å². The van der Waals surface area contributed by atoms with Crippen molar-refractivity contribution in [2.75, 3.05) is 0 Å². The fourth-order valence-electron chi connectivity index (χ4n) is 5.54. The summed E-state index contributed by atoms with van der Waals surface area (Å²) in [6, 6.07) is 39.7. The summed E-state index contributed by atoms with van der Waals surface area (Å²) in [5.74, 6) is 3.55. The summed E-state index contributed by atoms with van der Waals surface area (Å²) in [5, 5.41) is 0. The van der Waals surface area contributed by atoms with E-state index < -0.39 is 0 Å². The summed E-state index contributed by atoms with van der Waals surface area (Å²) < 4.78 is 10.8. The van der Waals surface area contributed by atoms with Crippen molar-refractivity contribution in [3.63, 3.8) is 0 Å². The van der Waals surface area contributed by atoms with Gasteiger partial charge in [-0.05, 0) is 66.6 Å². The maximum absolute atomic E-state index is 6.34. The number of para-hydroxylation sites is 4. The van der Waals surface area contributed by atoms with Gasteiger partial charge in [0.15, 0.2) is 11.5 Å². The second-order valence-corrected chi connectivity index (χ2v) is 9.58. The Morgan fingerprint density at radius 1 is 0.579 bits per heavy atom. The SMILES string of the molecule is Cc1nc2cccc3c2n1-c1ccc(-c2ccc(-c4nc5ccccc5n4-c4ccccc4)cc2)cc1O3. The highest BCUT2D eigenvalue weighted by molar-refractivity contribution is 5.88. The predicted molar refractivity (Wildman–Crippen MR) is 151 cm³/mol. The highest BCUT2D eigenvalue weighted by Crippen LogP contribution is 2.43. The Labute approximate surface area is 219 Å². The van der Waals surface area contributed by atoms with Crippen molar-refractivity contribution in [3.05, 3.63) is 121 Å². The Bertz CT molecular complexity index is 2000. The lowest BCUT2D eigenvalue weighted by Crippen LogP contribution is -2.05. The van der Waals surface area contributed by atoms with Gasteiger partial charge in [-0.15, -0.1) is 0 Å². The molecule has 7 aromatic rings. The summed E-state index contributed by atoms with van der Waals surface area (Å²) in [5.41, 5.74) is 9.43. The summed E-state index contributed by atoms with van der Waals surface area (Å²) in [7, 11) is 0. The molecule has 0 unspecified atom stereocenters. The van der Waals surface area contributed by atoms with Crippen molar-refractivity contribution in [2.45, 2.75) is 6.92 Å². The average molecular weight is 491 g/mol. The Balaban J connectivity index is 1.21. The molecule has 0 saturated carbocycles. The van der Waals surface area contributed by atoms with E-state index in [9.17, 15) is 0 Å². The topological polar surface area (TPSA) is 44.9 Å². The van der Waals surface area contributed by atoms with Gasteiger partial charge in [0.2, 0.25) is 0 Å². The maximum atomic E-state index is 6.34. The number of imidazole rings is 2. The molecule has 0 amide bonds. The van der Waals surface area contributed by atoms with Gasteiger partial charge in [-0.3, -0.25) is 9.13 Å². The van der Waals surface area contributed by atoms with Crippen LogP contribution in [0.15, 0.2) is 115 Å². The molecule has 38 heavy (non-hydrogen) atoms. The van der Waals surface area contributed by atoms with Crippen molar-refractivity contribution < 1.29 is 4.74 Å². The molecule has 1 aliphatic heterocycles. The maximum Gasteiger partial charge on any atom is 0.153 e. The van der Waals surface area contributed by atoms with Crippen LogP contribution in [0.25, 0.3) is 56.0 Å². The first-order chi connectivity index (χ1) is 18.7. The standard InChI is InChI=1S/C33H22N4O/c1-21-34-27-11-7-13-30-32(27)36(21)29-19-18-24(20-31(29)38-30)22-14-16-23(17-15-22)33-35-26-10-5-6-12-28(26)37(33)25-8-3-2-4-9-25/h2-20H,1H3. The number of hydrogen-bond donors (Lipinski definition) is 0. The minimum Gasteiger partial charge on any atom is -0.453 e. The third kappa shape index (κ3) is 3.05. The molecule has 0 aliphatic carbocycles. The van der Waals surface area contributed by atoms with Crippen LogP contribution < -0.4 is 4.74 Å². The van der Waals surface area contributed by atoms with Gasteiger partial charge in [0, 0.05) is 11.3 Å². The second-order valence-electron chi connectivity index (χ2n) is 9.58. The zero-order valence-electron chi connectivity index (χ0n) is 20.7. The monoisotopic (exact) mass is 490 g/mol. The van der Waals surface area contributed by atoms with Crippen LogP contribution in [0.3, 0.4) is 0 Å². The molecule has 5 aromatic carbocycles. The van der Waals surface area contributed by atoms with Crippen LogP contribution in [-0.2, 0) is 0 Å². The molecule has 8 rings (SSSR count). The molecule has 5 nitrogen and oxygen atoms in total. The molecule has 180 valence electrons. The Morgan fingerprint density at radius 3 is 2.18 bits per heavy atom. The molecule has 0 atom stereocenters. The lowest BCUT2D eigenvalue weighted by molar-refractivity contribution is 0.475. The van der Waals surface area contributed by atoms with E-state index in [1.807, 2.05) is 37.3 Å². The summed E-state index contributed by atoms with van der Waals surface area (Å²) in [6.45, 7) is 2.04. The lowest BCUT2D eigenvalue weighted by atomic mass is 10.0. The fraction of sp³-hybridized carbons (Fsp3) is 0.0303. The summed E-state index contributed by atoms with van der Waals surface area (Å²) in [6.07, 6.45) is 0. The molecule has 2 aromatic heterocycles. The van der Waals surface area contributed by atoms with Crippen LogP contribution in [0.2, 0.25) is 0 Å². The van der Waals surface area contributed by atoms with Crippen LogP contribution in [0.1, 0.15) is 5.82 Å². The van der Waals surface area contributed by atoms with E-state index in [-0.39, 0.29) is 0 Å². The molecule has 0 saturated heterocycles. The van der Waals surface area contributed by atoms with E-state index in [1.54, 1.807) is 0 Å². The van der Waals surface area contributed by atoms with Gasteiger partial charge < -0.3 is 4.74 Å². The average Bonchev–Trinajstić information content (AvgIpc) is 3.52. The molecule has 0 bridgehead atoms. The van der Waals surface area contributed by atoms with Crippen LogP contribution >= 0.6 is 0 Å². The van der Waals surface area contributed by atoms with E-state index in [4.69, 9.17) is 14.7 Å². The first-order valence-corrected chi connectivity index (χ1v) is 12.7. The quantitative estimate of drug-likeness (QED) is 0.251. The van der Waals surface area contributed by atoms with Crippen molar-refractivity contribution >= 4 is 22.1 Å². The molecule has 5 heteroatoms. The van der Waals surface area contributed by atoms with Crippen molar-refractivity contribution in [1.29, 1.82) is 0 Å². The van der Waals surface area contributed by atoms with Crippen LogP contribution in [-0.4, -0.2) is 19.1 Å². The van der Waals surface area contributed by atoms with Gasteiger partial charge in [-0.2, -0.15) is 0 Å². The molecular formula is C33H22N4O. The van der Waals surface area contributed by atoms with Crippen LogP contribution in [0.4, 0.5) is 0 Å². The number of aromatic nitrogens is 4. The van der Waals surface area contributed by atoms with Crippen LogP contribution in [0, 0.1) is 6.92 Å². The largest absolute Gasteiger partial charge is 0.453 e. The smallest absolute Gasteiger partial charge is 0.153 e. The van der Waals surface area contributed by atoms with E-state index >= 15 is 0 Å². The van der Waals surface area contributed by atoms with Crippen molar-refractivity contribution in [1.82, 2.24) is 19.1 Å². The molecule has 1 aliphatic rings. The molecule has 0 fully saturated rings. The van der Waals surface area contributed by atoms with E-state index in [2.05, 4.69) is 94.1 Å². The Morgan fingerprint density at radius 2 is 1.32 bits per heavy atom. The predicted octanol–water partition coefficient (Wildman–Crippen LogP) is 8.11. The van der Waals surface area contributed by atoms with Gasteiger partial charge in [0.1, 0.15) is 17.2 Å². The number of rotatable bonds is 3. The number of aryl methyl sites for hydroxylation is 1. The van der Waals surface area contributed by atoms with Gasteiger partial charge in [0.05, 0.1) is 22.2 Å². The first-order valence-electron chi connectivity index (χ1n) is 12.7. The summed E-state index contributed by atoms with van der Waals surface area (Å²) >= 11 is 0. The molecular weight excluding hydrogens is 468 g/mol. The Hall–Kier alpha value is -5.16.